The van der Waals surface area contributed by atoms with Crippen LogP contribution in [0.3, 0.4) is 0 Å². The van der Waals surface area contributed by atoms with Crippen molar-refractivity contribution < 1.29 is 10.2 Å². The molecule has 6 heteroatoms. The van der Waals surface area contributed by atoms with Crippen LogP contribution < -0.4 is 0 Å². The Hall–Kier alpha value is -3.54. The van der Waals surface area contributed by atoms with Crippen LogP contribution in [0.15, 0.2) is 56.9 Å². The zero-order valence-corrected chi connectivity index (χ0v) is 18.1. The fourth-order valence-corrected chi connectivity index (χ4v) is 3.40. The monoisotopic (exact) mass is 402 g/mol. The van der Waals surface area contributed by atoms with Crippen LogP contribution in [0, 0.1) is 41.5 Å². The fraction of sp³-hybridized carbons (Fsp3) is 0.250. The summed E-state index contributed by atoms with van der Waals surface area (Å²) in [6.45, 7) is 11.6. The summed E-state index contributed by atoms with van der Waals surface area (Å²) in [5, 5.41) is 37.1. The lowest BCUT2D eigenvalue weighted by molar-refractivity contribution is 0.474. The highest BCUT2D eigenvalue weighted by atomic mass is 16.3. The number of phenols is 2. The fourth-order valence-electron chi connectivity index (χ4n) is 3.40. The topological polar surface area (TPSA) is 89.9 Å². The van der Waals surface area contributed by atoms with Crippen molar-refractivity contribution in [2.45, 2.75) is 41.5 Å². The molecule has 0 aliphatic heterocycles. The second-order valence-electron chi connectivity index (χ2n) is 7.61. The summed E-state index contributed by atoms with van der Waals surface area (Å²) in [6, 6.07) is 10.5. The summed E-state index contributed by atoms with van der Waals surface area (Å²) in [5.41, 5.74) is 8.47. The van der Waals surface area contributed by atoms with Crippen LogP contribution in [0.1, 0.15) is 33.4 Å². The van der Waals surface area contributed by atoms with Gasteiger partial charge in [0.15, 0.2) is 0 Å². The number of benzene rings is 3. The average Bonchev–Trinajstić information content (AvgIpc) is 2.64. The minimum absolute atomic E-state index is 0.227. The standard InChI is InChI=1S/C24H26N4O2/c1-13-9-19(29)10-14(2)23(13)27-25-21-7-8-22(18(6)17(21)5)26-28-24-15(3)11-20(30)12-16(24)4/h7-12,29-30H,1-6H3. The molecule has 0 amide bonds. The van der Waals surface area contributed by atoms with Gasteiger partial charge in [-0.3, -0.25) is 0 Å². The van der Waals surface area contributed by atoms with Crippen LogP contribution in [0.4, 0.5) is 22.7 Å². The molecule has 0 saturated carbocycles. The van der Waals surface area contributed by atoms with E-state index in [1.165, 1.54) is 0 Å². The van der Waals surface area contributed by atoms with Gasteiger partial charge in [-0.05, 0) is 111 Å². The summed E-state index contributed by atoms with van der Waals surface area (Å²) in [5.74, 6) is 0.453. The summed E-state index contributed by atoms with van der Waals surface area (Å²) >= 11 is 0. The van der Waals surface area contributed by atoms with Gasteiger partial charge in [0.2, 0.25) is 0 Å². The predicted molar refractivity (Wildman–Crippen MR) is 119 cm³/mol. The molecule has 0 aliphatic carbocycles. The molecule has 0 saturated heterocycles. The number of aromatic hydroxyl groups is 2. The number of hydrogen-bond donors (Lipinski definition) is 2. The zero-order valence-electron chi connectivity index (χ0n) is 18.1. The summed E-state index contributed by atoms with van der Waals surface area (Å²) in [6.07, 6.45) is 0. The van der Waals surface area contributed by atoms with E-state index in [1.807, 2.05) is 53.7 Å². The molecule has 2 N–H and O–H groups in total. The normalized spacial score (nSPS) is 11.7. The van der Waals surface area contributed by atoms with Gasteiger partial charge in [0.25, 0.3) is 0 Å². The first-order valence-electron chi connectivity index (χ1n) is 9.71. The van der Waals surface area contributed by atoms with Crippen molar-refractivity contribution in [2.24, 2.45) is 20.5 Å². The third kappa shape index (κ3) is 4.38. The summed E-state index contributed by atoms with van der Waals surface area (Å²) < 4.78 is 0. The summed E-state index contributed by atoms with van der Waals surface area (Å²) in [4.78, 5) is 0. The quantitative estimate of drug-likeness (QED) is 0.436. The van der Waals surface area contributed by atoms with Gasteiger partial charge >= 0.3 is 0 Å². The van der Waals surface area contributed by atoms with Gasteiger partial charge in [0.1, 0.15) is 11.5 Å². The number of azo groups is 2. The number of nitrogens with zero attached hydrogens (tertiary/aromatic N) is 4. The van der Waals surface area contributed by atoms with Gasteiger partial charge in [-0.25, -0.2) is 0 Å². The smallest absolute Gasteiger partial charge is 0.116 e. The van der Waals surface area contributed by atoms with Gasteiger partial charge in [0, 0.05) is 0 Å². The van der Waals surface area contributed by atoms with Crippen molar-refractivity contribution in [1.82, 2.24) is 0 Å². The molecule has 30 heavy (non-hydrogen) atoms. The molecule has 0 fully saturated rings. The van der Waals surface area contributed by atoms with Crippen LogP contribution in [0.5, 0.6) is 11.5 Å². The molecular formula is C24H26N4O2. The van der Waals surface area contributed by atoms with Gasteiger partial charge in [-0.15, -0.1) is 10.2 Å². The molecule has 6 nitrogen and oxygen atoms in total. The lowest BCUT2D eigenvalue weighted by Gasteiger charge is -2.08. The number of phenolic OH excluding ortho intramolecular Hbond substituents is 2. The molecule has 0 bridgehead atoms. The first-order chi connectivity index (χ1) is 14.2. The maximum absolute atomic E-state index is 9.69. The van der Waals surface area contributed by atoms with Crippen molar-refractivity contribution in [3.05, 3.63) is 69.8 Å². The first-order valence-corrected chi connectivity index (χ1v) is 9.71. The molecule has 3 aromatic rings. The molecule has 3 aromatic carbocycles. The van der Waals surface area contributed by atoms with E-state index in [0.29, 0.717) is 0 Å². The molecule has 154 valence electrons. The van der Waals surface area contributed by atoms with Gasteiger partial charge in [-0.1, -0.05) is 0 Å². The van der Waals surface area contributed by atoms with E-state index < -0.39 is 0 Å². The molecule has 0 unspecified atom stereocenters. The van der Waals surface area contributed by atoms with Crippen LogP contribution in [0.2, 0.25) is 0 Å². The minimum atomic E-state index is 0.227. The number of hydrogen-bond acceptors (Lipinski definition) is 6. The Morgan fingerprint density at radius 1 is 0.500 bits per heavy atom. The van der Waals surface area contributed by atoms with E-state index in [4.69, 9.17) is 0 Å². The third-order valence-electron chi connectivity index (χ3n) is 5.20. The predicted octanol–water partition coefficient (Wildman–Crippen LogP) is 7.78. The van der Waals surface area contributed by atoms with E-state index in [1.54, 1.807) is 24.3 Å². The van der Waals surface area contributed by atoms with Crippen molar-refractivity contribution in [1.29, 1.82) is 0 Å². The molecule has 0 aliphatic rings. The van der Waals surface area contributed by atoms with Gasteiger partial charge in [-0.2, -0.15) is 10.2 Å². The minimum Gasteiger partial charge on any atom is -0.508 e. The number of rotatable bonds is 4. The Balaban J connectivity index is 1.92. The van der Waals surface area contributed by atoms with E-state index in [-0.39, 0.29) is 11.5 Å². The van der Waals surface area contributed by atoms with Crippen LogP contribution in [-0.2, 0) is 0 Å². The molecule has 3 rings (SSSR count). The van der Waals surface area contributed by atoms with E-state index in [0.717, 1.165) is 56.1 Å². The molecule has 0 atom stereocenters. The van der Waals surface area contributed by atoms with E-state index in [2.05, 4.69) is 20.5 Å². The highest BCUT2D eigenvalue weighted by Crippen LogP contribution is 2.35. The SMILES string of the molecule is Cc1cc(O)cc(C)c1N=Nc1ccc(N=Nc2c(C)cc(O)cc2C)c(C)c1C. The largest absolute Gasteiger partial charge is 0.508 e. The van der Waals surface area contributed by atoms with Crippen molar-refractivity contribution in [3.63, 3.8) is 0 Å². The lowest BCUT2D eigenvalue weighted by atomic mass is 10.1. The van der Waals surface area contributed by atoms with Crippen LogP contribution in [0.25, 0.3) is 0 Å². The number of aryl methyl sites for hydroxylation is 4. The molecule has 0 spiro atoms. The van der Waals surface area contributed by atoms with E-state index >= 15 is 0 Å². The van der Waals surface area contributed by atoms with Crippen molar-refractivity contribution in [3.8, 4) is 11.5 Å². The Labute approximate surface area is 176 Å². The Kier molecular flexibility index (Phi) is 5.96. The summed E-state index contributed by atoms with van der Waals surface area (Å²) in [7, 11) is 0. The van der Waals surface area contributed by atoms with Gasteiger partial charge < -0.3 is 10.2 Å². The van der Waals surface area contributed by atoms with E-state index in [9.17, 15) is 10.2 Å². The maximum atomic E-state index is 9.69. The molecule has 0 aromatic heterocycles. The Bertz CT molecular complexity index is 1040. The van der Waals surface area contributed by atoms with Crippen LogP contribution in [-0.4, -0.2) is 10.2 Å². The third-order valence-corrected chi connectivity index (χ3v) is 5.20. The average molecular weight is 402 g/mol. The molecular weight excluding hydrogens is 376 g/mol. The highest BCUT2D eigenvalue weighted by molar-refractivity contribution is 5.61. The molecule has 0 heterocycles. The second-order valence-corrected chi connectivity index (χ2v) is 7.61. The first kappa shape index (κ1) is 21.2. The van der Waals surface area contributed by atoms with Crippen LogP contribution >= 0.6 is 0 Å². The van der Waals surface area contributed by atoms with Gasteiger partial charge in [0.05, 0.1) is 22.7 Å². The maximum Gasteiger partial charge on any atom is 0.116 e. The molecule has 0 radical (unpaired) electrons. The highest BCUT2D eigenvalue weighted by Gasteiger charge is 2.09. The zero-order chi connectivity index (χ0) is 22.0. The van der Waals surface area contributed by atoms with Crippen molar-refractivity contribution >= 4 is 22.7 Å². The Morgan fingerprint density at radius 2 is 0.800 bits per heavy atom. The van der Waals surface area contributed by atoms with Crippen molar-refractivity contribution in [2.75, 3.05) is 0 Å². The Morgan fingerprint density at radius 3 is 1.10 bits per heavy atom. The second kappa shape index (κ2) is 8.45. The lowest BCUT2D eigenvalue weighted by Crippen LogP contribution is -1.84.